The minimum atomic E-state index is -4.46. The monoisotopic (exact) mass is 454 g/mol. The SMILES string of the molecule is CCCCCCCCc1ccc2c(CCCCCCCC)c(S(=O)(=O)[O-])ccc2c1.[Na+]. The summed E-state index contributed by atoms with van der Waals surface area (Å²) in [5.41, 5.74) is 2.00. The van der Waals surface area contributed by atoms with Gasteiger partial charge in [0.1, 0.15) is 10.1 Å². The molecule has 2 rings (SSSR count). The fourth-order valence-corrected chi connectivity index (χ4v) is 5.01. The molecule has 0 amide bonds. The van der Waals surface area contributed by atoms with Crippen molar-refractivity contribution in [3.63, 3.8) is 0 Å². The molecule has 31 heavy (non-hydrogen) atoms. The van der Waals surface area contributed by atoms with E-state index in [0.717, 1.165) is 30.0 Å². The molecule has 0 atom stereocenters. The van der Waals surface area contributed by atoms with Crippen LogP contribution in [0.3, 0.4) is 0 Å². The van der Waals surface area contributed by atoms with Gasteiger partial charge in [0.15, 0.2) is 0 Å². The van der Waals surface area contributed by atoms with Gasteiger partial charge >= 0.3 is 29.6 Å². The zero-order valence-electron chi connectivity index (χ0n) is 19.9. The minimum Gasteiger partial charge on any atom is -0.744 e. The van der Waals surface area contributed by atoms with Crippen molar-refractivity contribution in [3.8, 4) is 0 Å². The largest absolute Gasteiger partial charge is 1.00 e. The first-order valence-electron chi connectivity index (χ1n) is 12.0. The predicted octanol–water partition coefficient (Wildman–Crippen LogP) is 4.55. The van der Waals surface area contributed by atoms with E-state index >= 15 is 0 Å². The maximum Gasteiger partial charge on any atom is 1.00 e. The summed E-state index contributed by atoms with van der Waals surface area (Å²) < 4.78 is 35.5. The van der Waals surface area contributed by atoms with Crippen LogP contribution in [-0.4, -0.2) is 13.0 Å². The fourth-order valence-electron chi connectivity index (χ4n) is 4.26. The molecule has 0 fully saturated rings. The van der Waals surface area contributed by atoms with Crippen LogP contribution in [-0.2, 0) is 23.0 Å². The van der Waals surface area contributed by atoms with Gasteiger partial charge in [-0.15, -0.1) is 0 Å². The zero-order valence-corrected chi connectivity index (χ0v) is 22.7. The number of unbranched alkanes of at least 4 members (excludes halogenated alkanes) is 10. The van der Waals surface area contributed by atoms with Crippen molar-refractivity contribution in [1.82, 2.24) is 0 Å². The number of rotatable bonds is 15. The Hall–Kier alpha value is -0.390. The normalized spacial score (nSPS) is 11.6. The van der Waals surface area contributed by atoms with Crippen LogP contribution >= 0.6 is 0 Å². The number of hydrogen-bond acceptors (Lipinski definition) is 3. The van der Waals surface area contributed by atoms with Crippen molar-refractivity contribution in [2.75, 3.05) is 0 Å². The molecule has 0 bridgehead atoms. The molecule has 0 heterocycles. The maximum atomic E-state index is 11.8. The van der Waals surface area contributed by atoms with E-state index < -0.39 is 10.1 Å². The van der Waals surface area contributed by atoms with E-state index in [0.29, 0.717) is 12.0 Å². The van der Waals surface area contributed by atoms with E-state index in [4.69, 9.17) is 0 Å². The standard InChI is InChI=1S/C26H40O3S.Na/c1-3-5-7-9-11-13-15-22-17-19-24-23(21-22)18-20-26(30(27,28)29)25(24)16-14-12-10-8-6-4-2;/h17-21H,3-16H2,1-2H3,(H,27,28,29);/q;+1/p-1. The molecule has 0 N–H and O–H groups in total. The first kappa shape index (κ1) is 28.6. The molecule has 3 nitrogen and oxygen atoms in total. The molecule has 0 radical (unpaired) electrons. The summed E-state index contributed by atoms with van der Waals surface area (Å²) in [4.78, 5) is -0.0350. The van der Waals surface area contributed by atoms with Crippen LogP contribution in [0.25, 0.3) is 10.8 Å². The molecular formula is C26H39NaO3S. The fraction of sp³-hybridized carbons (Fsp3) is 0.615. The molecule has 0 aliphatic heterocycles. The average Bonchev–Trinajstić information content (AvgIpc) is 2.72. The number of hydrogen-bond donors (Lipinski definition) is 0. The van der Waals surface area contributed by atoms with E-state index in [2.05, 4.69) is 26.0 Å². The number of fused-ring (bicyclic) bond motifs is 1. The van der Waals surface area contributed by atoms with Crippen molar-refractivity contribution in [2.24, 2.45) is 0 Å². The van der Waals surface area contributed by atoms with Crippen LogP contribution in [0.1, 0.15) is 102 Å². The molecule has 168 valence electrons. The minimum absolute atomic E-state index is 0. The molecule has 5 heteroatoms. The van der Waals surface area contributed by atoms with E-state index in [1.807, 2.05) is 6.07 Å². The Morgan fingerprint density at radius 1 is 0.710 bits per heavy atom. The third-order valence-electron chi connectivity index (χ3n) is 6.02. The number of aryl methyl sites for hydroxylation is 2. The number of benzene rings is 2. The molecule has 0 saturated heterocycles. The van der Waals surface area contributed by atoms with Crippen LogP contribution in [0, 0.1) is 0 Å². The third-order valence-corrected chi connectivity index (χ3v) is 6.94. The van der Waals surface area contributed by atoms with Gasteiger partial charge in [-0.05, 0) is 53.6 Å². The first-order chi connectivity index (χ1) is 14.5. The van der Waals surface area contributed by atoms with E-state index in [1.165, 1.54) is 75.8 Å². The summed E-state index contributed by atoms with van der Waals surface area (Å²) in [6, 6.07) is 9.64. The smallest absolute Gasteiger partial charge is 0.744 e. The van der Waals surface area contributed by atoms with Crippen molar-refractivity contribution in [2.45, 2.75) is 109 Å². The van der Waals surface area contributed by atoms with Gasteiger partial charge in [0, 0.05) is 0 Å². The van der Waals surface area contributed by atoms with Gasteiger partial charge in [-0.25, -0.2) is 8.42 Å². The van der Waals surface area contributed by atoms with Crippen LogP contribution < -0.4 is 29.6 Å². The van der Waals surface area contributed by atoms with E-state index in [-0.39, 0.29) is 34.5 Å². The van der Waals surface area contributed by atoms with Gasteiger partial charge < -0.3 is 4.55 Å². The Labute approximate surface area is 212 Å². The molecule has 0 aromatic heterocycles. The Morgan fingerprint density at radius 2 is 1.26 bits per heavy atom. The average molecular weight is 455 g/mol. The van der Waals surface area contributed by atoms with Gasteiger partial charge in [-0.1, -0.05) is 102 Å². The summed E-state index contributed by atoms with van der Waals surface area (Å²) in [5, 5.41) is 1.97. The van der Waals surface area contributed by atoms with E-state index in [9.17, 15) is 13.0 Å². The van der Waals surface area contributed by atoms with Crippen molar-refractivity contribution in [3.05, 3.63) is 41.5 Å². The molecule has 0 aliphatic carbocycles. The molecular weight excluding hydrogens is 415 g/mol. The summed E-state index contributed by atoms with van der Waals surface area (Å²) >= 11 is 0. The van der Waals surface area contributed by atoms with Gasteiger partial charge in [-0.3, -0.25) is 0 Å². The topological polar surface area (TPSA) is 57.2 Å². The molecule has 2 aromatic rings. The molecule has 0 aliphatic rings. The summed E-state index contributed by atoms with van der Waals surface area (Å²) in [6.07, 6.45) is 16.2. The second kappa shape index (κ2) is 15.4. The van der Waals surface area contributed by atoms with Gasteiger partial charge in [-0.2, -0.15) is 0 Å². The predicted molar refractivity (Wildman–Crippen MR) is 126 cm³/mol. The molecule has 0 spiro atoms. The Bertz CT molecular complexity index is 878. The second-order valence-electron chi connectivity index (χ2n) is 8.59. The van der Waals surface area contributed by atoms with Gasteiger partial charge in [0.25, 0.3) is 0 Å². The first-order valence-corrected chi connectivity index (χ1v) is 13.4. The van der Waals surface area contributed by atoms with Crippen LogP contribution in [0.4, 0.5) is 0 Å². The quantitative estimate of drug-likeness (QED) is 0.225. The van der Waals surface area contributed by atoms with Crippen LogP contribution in [0.5, 0.6) is 0 Å². The summed E-state index contributed by atoms with van der Waals surface area (Å²) in [5.74, 6) is 0. The second-order valence-corrected chi connectivity index (χ2v) is 9.94. The van der Waals surface area contributed by atoms with Crippen LogP contribution in [0.15, 0.2) is 35.2 Å². The van der Waals surface area contributed by atoms with Gasteiger partial charge in [0.05, 0.1) is 4.90 Å². The third kappa shape index (κ3) is 9.96. The van der Waals surface area contributed by atoms with E-state index in [1.54, 1.807) is 6.07 Å². The summed E-state index contributed by atoms with van der Waals surface area (Å²) in [6.45, 7) is 4.43. The maximum absolute atomic E-state index is 11.8. The molecule has 0 unspecified atom stereocenters. The summed E-state index contributed by atoms with van der Waals surface area (Å²) in [7, 11) is -4.46. The van der Waals surface area contributed by atoms with Crippen molar-refractivity contribution in [1.29, 1.82) is 0 Å². The Morgan fingerprint density at radius 3 is 1.84 bits per heavy atom. The Kier molecular flexibility index (Phi) is 14.3. The van der Waals surface area contributed by atoms with Crippen molar-refractivity contribution < 1.29 is 42.5 Å². The molecule has 2 aromatic carbocycles. The molecule has 0 saturated carbocycles. The van der Waals surface area contributed by atoms with Gasteiger partial charge in [0.2, 0.25) is 0 Å². The zero-order chi connectivity index (χ0) is 21.8. The Balaban J connectivity index is 0.00000480. The van der Waals surface area contributed by atoms with Crippen molar-refractivity contribution >= 4 is 20.9 Å². The van der Waals surface area contributed by atoms with Crippen LogP contribution in [0.2, 0.25) is 0 Å².